The van der Waals surface area contributed by atoms with Gasteiger partial charge < -0.3 is 5.11 Å². The fourth-order valence-corrected chi connectivity index (χ4v) is 5.00. The van der Waals surface area contributed by atoms with Crippen LogP contribution in [0, 0.1) is 19.8 Å². The van der Waals surface area contributed by atoms with Crippen LogP contribution in [0.3, 0.4) is 0 Å². The summed E-state index contributed by atoms with van der Waals surface area (Å²) in [5.74, 6) is -0.204. The van der Waals surface area contributed by atoms with Crippen LogP contribution in [0.5, 0.6) is 0 Å². The molecular weight excluding hydrogens is 340 g/mol. The van der Waals surface area contributed by atoms with Gasteiger partial charge in [-0.1, -0.05) is 12.1 Å². The lowest BCUT2D eigenvalue weighted by Gasteiger charge is -2.42. The van der Waals surface area contributed by atoms with Crippen molar-refractivity contribution < 1.29 is 18.3 Å². The summed E-state index contributed by atoms with van der Waals surface area (Å²) in [6.07, 6.45) is 3.69. The molecule has 0 spiro atoms. The van der Waals surface area contributed by atoms with Gasteiger partial charge in [-0.15, -0.1) is 0 Å². The quantitative estimate of drug-likeness (QED) is 0.734. The fraction of sp³-hybridized carbons (Fsp3) is 0.611. The maximum atomic E-state index is 12.6. The van der Waals surface area contributed by atoms with Gasteiger partial charge in [0.25, 0.3) is 0 Å². The zero-order chi connectivity index (χ0) is 18.2. The van der Waals surface area contributed by atoms with Crippen molar-refractivity contribution in [3.8, 4) is 0 Å². The molecule has 1 aromatic carbocycles. The van der Waals surface area contributed by atoms with Crippen LogP contribution >= 0.6 is 0 Å². The molecule has 2 saturated carbocycles. The Morgan fingerprint density at radius 1 is 1.28 bits per heavy atom. The summed E-state index contributed by atoms with van der Waals surface area (Å²) in [6.45, 7) is 4.52. The third-order valence-corrected chi connectivity index (χ3v) is 6.78. The number of nitrogens with one attached hydrogen (secondary N) is 1. The van der Waals surface area contributed by atoms with Gasteiger partial charge in [-0.2, -0.15) is 0 Å². The average molecular weight is 366 g/mol. The number of carboxylic acid groups (broad SMARTS) is 1. The maximum Gasteiger partial charge on any atom is 0.317 e. The summed E-state index contributed by atoms with van der Waals surface area (Å²) in [7, 11) is -3.54. The molecule has 0 aliphatic heterocycles. The molecule has 0 aromatic heterocycles. The van der Waals surface area contributed by atoms with Crippen LogP contribution in [-0.2, 0) is 14.8 Å². The Morgan fingerprint density at radius 2 is 1.96 bits per heavy atom. The molecule has 2 aliphatic rings. The van der Waals surface area contributed by atoms with Crippen LogP contribution < -0.4 is 4.72 Å². The van der Waals surface area contributed by atoms with E-state index in [1.54, 1.807) is 13.0 Å². The van der Waals surface area contributed by atoms with E-state index in [-0.39, 0.29) is 18.6 Å². The van der Waals surface area contributed by atoms with E-state index in [9.17, 15) is 13.2 Å². The Balaban J connectivity index is 1.60. The number of sulfonamides is 1. The van der Waals surface area contributed by atoms with Crippen molar-refractivity contribution in [1.82, 2.24) is 9.62 Å². The molecule has 0 amide bonds. The van der Waals surface area contributed by atoms with Gasteiger partial charge in [0.15, 0.2) is 0 Å². The van der Waals surface area contributed by atoms with Crippen LogP contribution in [0.15, 0.2) is 23.1 Å². The standard InChI is InChI=1S/C18H26N2O4S/c1-12-3-4-13(2)17(7-12)25(23,24)19-15-8-16(9-15)20(11-18(21)22)10-14-5-6-14/h3-4,7,14-16,19H,5-6,8-11H2,1-2H3,(H,21,22). The zero-order valence-corrected chi connectivity index (χ0v) is 15.6. The molecule has 138 valence electrons. The number of rotatable bonds is 8. The smallest absolute Gasteiger partial charge is 0.317 e. The monoisotopic (exact) mass is 366 g/mol. The SMILES string of the molecule is Cc1ccc(C)c(S(=O)(=O)NC2CC(N(CC(=O)O)CC3CC3)C2)c1. The number of benzene rings is 1. The van der Waals surface area contributed by atoms with Crippen molar-refractivity contribution in [3.05, 3.63) is 29.3 Å². The van der Waals surface area contributed by atoms with E-state index in [1.165, 1.54) is 12.8 Å². The van der Waals surface area contributed by atoms with Crippen LogP contribution in [0.4, 0.5) is 0 Å². The van der Waals surface area contributed by atoms with Crippen molar-refractivity contribution in [2.75, 3.05) is 13.1 Å². The summed E-state index contributed by atoms with van der Waals surface area (Å²) in [6, 6.07) is 5.44. The highest BCUT2D eigenvalue weighted by atomic mass is 32.2. The molecule has 0 unspecified atom stereocenters. The molecule has 0 bridgehead atoms. The lowest BCUT2D eigenvalue weighted by atomic mass is 9.86. The molecule has 2 aliphatic carbocycles. The van der Waals surface area contributed by atoms with Crippen LogP contribution in [0.2, 0.25) is 0 Å². The minimum atomic E-state index is -3.54. The van der Waals surface area contributed by atoms with Crippen molar-refractivity contribution in [1.29, 1.82) is 0 Å². The van der Waals surface area contributed by atoms with Crippen LogP contribution in [0.25, 0.3) is 0 Å². The third-order valence-electron chi connectivity index (χ3n) is 5.11. The third kappa shape index (κ3) is 4.59. The van der Waals surface area contributed by atoms with Gasteiger partial charge in [-0.3, -0.25) is 9.69 Å². The summed E-state index contributed by atoms with van der Waals surface area (Å²) in [4.78, 5) is 13.4. The average Bonchev–Trinajstić information content (AvgIpc) is 3.28. The highest BCUT2D eigenvalue weighted by Crippen LogP contribution is 2.34. The Kier molecular flexibility index (Phi) is 5.18. The maximum absolute atomic E-state index is 12.6. The number of aliphatic carboxylic acids is 1. The zero-order valence-electron chi connectivity index (χ0n) is 14.7. The lowest BCUT2D eigenvalue weighted by Crippen LogP contribution is -2.55. The molecule has 6 nitrogen and oxygen atoms in total. The molecule has 0 heterocycles. The number of nitrogens with zero attached hydrogens (tertiary/aromatic N) is 1. The Labute approximate surface area is 149 Å². The largest absolute Gasteiger partial charge is 0.480 e. The molecular formula is C18H26N2O4S. The van der Waals surface area contributed by atoms with E-state index in [0.29, 0.717) is 23.7 Å². The second-order valence-corrected chi connectivity index (χ2v) is 9.16. The number of hydrogen-bond donors (Lipinski definition) is 2. The predicted octanol–water partition coefficient (Wildman–Crippen LogP) is 1.91. The number of carboxylic acids is 1. The summed E-state index contributed by atoms with van der Waals surface area (Å²) < 4.78 is 28.0. The second kappa shape index (κ2) is 7.05. The summed E-state index contributed by atoms with van der Waals surface area (Å²) in [5.41, 5.74) is 1.64. The van der Waals surface area contributed by atoms with Gasteiger partial charge in [0.2, 0.25) is 10.0 Å². The Bertz CT molecular complexity index is 752. The lowest BCUT2D eigenvalue weighted by molar-refractivity contribution is -0.139. The van der Waals surface area contributed by atoms with Gasteiger partial charge in [0, 0.05) is 18.6 Å². The first-order chi connectivity index (χ1) is 11.7. The number of carbonyl (C=O) groups is 1. The number of aryl methyl sites for hydroxylation is 2. The van der Waals surface area contributed by atoms with E-state index in [4.69, 9.17) is 5.11 Å². The van der Waals surface area contributed by atoms with Gasteiger partial charge >= 0.3 is 5.97 Å². The Morgan fingerprint density at radius 3 is 2.56 bits per heavy atom. The van der Waals surface area contributed by atoms with E-state index >= 15 is 0 Å². The first-order valence-corrected chi connectivity index (χ1v) is 10.3. The molecule has 2 N–H and O–H groups in total. The molecule has 0 atom stereocenters. The Hall–Kier alpha value is -1.44. The molecule has 2 fully saturated rings. The van der Waals surface area contributed by atoms with E-state index in [0.717, 1.165) is 17.7 Å². The second-order valence-electron chi connectivity index (χ2n) is 7.48. The molecule has 0 radical (unpaired) electrons. The summed E-state index contributed by atoms with van der Waals surface area (Å²) >= 11 is 0. The van der Waals surface area contributed by atoms with Crippen molar-refractivity contribution in [2.24, 2.45) is 5.92 Å². The van der Waals surface area contributed by atoms with Crippen LogP contribution in [0.1, 0.15) is 36.8 Å². The highest BCUT2D eigenvalue weighted by molar-refractivity contribution is 7.89. The van der Waals surface area contributed by atoms with E-state index in [1.807, 2.05) is 24.0 Å². The van der Waals surface area contributed by atoms with E-state index in [2.05, 4.69) is 4.72 Å². The minimum absolute atomic E-state index is 0.0393. The van der Waals surface area contributed by atoms with Crippen molar-refractivity contribution >= 4 is 16.0 Å². The molecule has 25 heavy (non-hydrogen) atoms. The van der Waals surface area contributed by atoms with Crippen molar-refractivity contribution in [2.45, 2.75) is 56.5 Å². The van der Waals surface area contributed by atoms with Gasteiger partial charge in [0.1, 0.15) is 0 Å². The van der Waals surface area contributed by atoms with Gasteiger partial charge in [0.05, 0.1) is 11.4 Å². The topological polar surface area (TPSA) is 86.7 Å². The predicted molar refractivity (Wildman–Crippen MR) is 95.0 cm³/mol. The fourth-order valence-electron chi connectivity index (χ4n) is 3.41. The molecule has 0 saturated heterocycles. The molecule has 7 heteroatoms. The summed E-state index contributed by atoms with van der Waals surface area (Å²) in [5, 5.41) is 9.09. The molecule has 3 rings (SSSR count). The van der Waals surface area contributed by atoms with Gasteiger partial charge in [-0.25, -0.2) is 13.1 Å². The van der Waals surface area contributed by atoms with Crippen LogP contribution in [-0.4, -0.2) is 49.6 Å². The van der Waals surface area contributed by atoms with E-state index < -0.39 is 16.0 Å². The van der Waals surface area contributed by atoms with Crippen molar-refractivity contribution in [3.63, 3.8) is 0 Å². The molecule has 1 aromatic rings. The minimum Gasteiger partial charge on any atom is -0.480 e. The highest BCUT2D eigenvalue weighted by Gasteiger charge is 2.39. The first kappa shape index (κ1) is 18.4. The first-order valence-electron chi connectivity index (χ1n) is 8.80. The number of hydrogen-bond acceptors (Lipinski definition) is 4. The van der Waals surface area contributed by atoms with Gasteiger partial charge in [-0.05, 0) is 62.6 Å². The normalized spacial score (nSPS) is 23.5.